The molecule has 0 atom stereocenters. The molecule has 2 amide bonds. The van der Waals surface area contributed by atoms with E-state index < -0.39 is 0 Å². The van der Waals surface area contributed by atoms with Gasteiger partial charge in [0.1, 0.15) is 11.6 Å². The minimum absolute atomic E-state index is 0.129. The lowest BCUT2D eigenvalue weighted by Crippen LogP contribution is -2.14. The zero-order valence-corrected chi connectivity index (χ0v) is 19.2. The molecule has 1 aromatic heterocycles. The van der Waals surface area contributed by atoms with Crippen molar-refractivity contribution in [3.8, 4) is 17.1 Å². The number of aromatic nitrogens is 2. The van der Waals surface area contributed by atoms with Crippen LogP contribution in [0.25, 0.3) is 11.4 Å². The number of aryl methyl sites for hydroxylation is 2. The Balaban J connectivity index is 1.28. The number of benzene rings is 3. The molecule has 0 spiro atoms. The summed E-state index contributed by atoms with van der Waals surface area (Å²) in [4.78, 5) is 29.0. The van der Waals surface area contributed by atoms with Crippen LogP contribution in [0, 0.1) is 12.7 Å². The molecule has 2 N–H and O–H groups in total. The fraction of sp³-hybridized carbons (Fsp3) is 0.154. The molecule has 0 aliphatic carbocycles. The van der Waals surface area contributed by atoms with Crippen molar-refractivity contribution in [1.29, 1.82) is 0 Å². The number of ether oxygens (including phenoxy) is 1. The molecule has 4 rings (SSSR count). The Morgan fingerprint density at radius 3 is 2.34 bits per heavy atom. The number of carbonyl (C=O) groups is 2. The van der Waals surface area contributed by atoms with E-state index in [2.05, 4.69) is 20.8 Å². The Morgan fingerprint density at radius 2 is 1.66 bits per heavy atom. The number of hydrogen-bond donors (Lipinski definition) is 2. The van der Waals surface area contributed by atoms with E-state index in [9.17, 15) is 14.0 Å². The van der Waals surface area contributed by atoms with Crippen molar-refractivity contribution in [2.75, 3.05) is 17.7 Å². The van der Waals surface area contributed by atoms with Crippen molar-refractivity contribution < 1.29 is 23.2 Å². The van der Waals surface area contributed by atoms with Gasteiger partial charge in [0, 0.05) is 35.3 Å². The molecular formula is C26H23FN4O4. The summed E-state index contributed by atoms with van der Waals surface area (Å²) in [6, 6.07) is 18.1. The van der Waals surface area contributed by atoms with Crippen LogP contribution in [0.4, 0.5) is 15.8 Å². The number of nitrogens with zero attached hydrogens (tertiary/aromatic N) is 2. The Kier molecular flexibility index (Phi) is 7.15. The number of halogens is 1. The largest absolute Gasteiger partial charge is 0.497 e. The Labute approximate surface area is 201 Å². The van der Waals surface area contributed by atoms with Gasteiger partial charge in [-0.1, -0.05) is 5.16 Å². The second-order valence-corrected chi connectivity index (χ2v) is 7.78. The number of anilines is 2. The minimum atomic E-state index is -0.306. The van der Waals surface area contributed by atoms with Crippen molar-refractivity contribution in [2.24, 2.45) is 0 Å². The van der Waals surface area contributed by atoms with Crippen molar-refractivity contribution in [3.05, 3.63) is 89.6 Å². The molecule has 0 radical (unpaired) electrons. The van der Waals surface area contributed by atoms with Crippen LogP contribution in [0.2, 0.25) is 0 Å². The first kappa shape index (κ1) is 23.6. The van der Waals surface area contributed by atoms with Crippen LogP contribution in [-0.2, 0) is 11.2 Å². The average Bonchev–Trinajstić information content (AvgIpc) is 3.34. The molecule has 9 heteroatoms. The highest BCUT2D eigenvalue weighted by Crippen LogP contribution is 2.20. The minimum Gasteiger partial charge on any atom is -0.497 e. The summed E-state index contributed by atoms with van der Waals surface area (Å²) in [5, 5.41) is 9.48. The van der Waals surface area contributed by atoms with Crippen LogP contribution < -0.4 is 15.4 Å². The number of methoxy groups -OCH3 is 1. The summed E-state index contributed by atoms with van der Waals surface area (Å²) in [7, 11) is 1.58. The maximum atomic E-state index is 13.4. The van der Waals surface area contributed by atoms with Crippen LogP contribution >= 0.6 is 0 Å². The monoisotopic (exact) mass is 474 g/mol. The molecule has 8 nitrogen and oxygen atoms in total. The second kappa shape index (κ2) is 10.6. The molecule has 0 fully saturated rings. The summed E-state index contributed by atoms with van der Waals surface area (Å²) in [5.74, 6) is 0.537. The fourth-order valence-corrected chi connectivity index (χ4v) is 3.28. The third-order valence-corrected chi connectivity index (χ3v) is 5.23. The van der Waals surface area contributed by atoms with Gasteiger partial charge in [-0.25, -0.2) is 4.39 Å². The molecular weight excluding hydrogens is 451 g/mol. The highest BCUT2D eigenvalue weighted by atomic mass is 19.1. The van der Waals surface area contributed by atoms with Gasteiger partial charge in [0.05, 0.1) is 7.11 Å². The first-order valence-corrected chi connectivity index (χ1v) is 10.9. The maximum Gasteiger partial charge on any atom is 0.255 e. The summed E-state index contributed by atoms with van der Waals surface area (Å²) < 4.78 is 23.8. The van der Waals surface area contributed by atoms with E-state index >= 15 is 0 Å². The SMILES string of the molecule is COc1ccc(NC(=O)c2ccc(NC(=O)CCc3nc(-c4ccc(F)c(C)c4)no3)cc2)cc1. The molecule has 0 aliphatic heterocycles. The molecule has 0 saturated heterocycles. The fourth-order valence-electron chi connectivity index (χ4n) is 3.28. The Hall–Kier alpha value is -4.53. The first-order valence-electron chi connectivity index (χ1n) is 10.9. The predicted molar refractivity (Wildman–Crippen MR) is 129 cm³/mol. The molecule has 1 heterocycles. The highest BCUT2D eigenvalue weighted by molar-refractivity contribution is 6.04. The third kappa shape index (κ3) is 6.08. The highest BCUT2D eigenvalue weighted by Gasteiger charge is 2.13. The van der Waals surface area contributed by atoms with Gasteiger partial charge < -0.3 is 19.9 Å². The van der Waals surface area contributed by atoms with E-state index in [1.807, 2.05) is 0 Å². The zero-order chi connectivity index (χ0) is 24.8. The normalized spacial score (nSPS) is 10.6. The quantitative estimate of drug-likeness (QED) is 0.372. The maximum absolute atomic E-state index is 13.4. The van der Waals surface area contributed by atoms with Crippen LogP contribution in [0.3, 0.4) is 0 Å². The molecule has 0 bridgehead atoms. The van der Waals surface area contributed by atoms with Crippen LogP contribution in [0.1, 0.15) is 28.2 Å². The number of nitrogens with one attached hydrogen (secondary N) is 2. The molecule has 35 heavy (non-hydrogen) atoms. The predicted octanol–water partition coefficient (Wildman–Crippen LogP) is 5.02. The molecule has 4 aromatic rings. The van der Waals surface area contributed by atoms with Gasteiger partial charge in [0.25, 0.3) is 5.91 Å². The van der Waals surface area contributed by atoms with E-state index in [4.69, 9.17) is 9.26 Å². The van der Waals surface area contributed by atoms with Crippen LogP contribution in [0.15, 0.2) is 71.3 Å². The van der Waals surface area contributed by atoms with Gasteiger partial charge in [0.2, 0.25) is 17.6 Å². The topological polar surface area (TPSA) is 106 Å². The number of carbonyl (C=O) groups excluding carboxylic acids is 2. The first-order chi connectivity index (χ1) is 16.9. The van der Waals surface area contributed by atoms with Gasteiger partial charge in [-0.2, -0.15) is 4.98 Å². The molecule has 3 aromatic carbocycles. The van der Waals surface area contributed by atoms with Crippen molar-refractivity contribution in [1.82, 2.24) is 10.1 Å². The number of hydrogen-bond acceptors (Lipinski definition) is 6. The Bertz CT molecular complexity index is 1330. The van der Waals surface area contributed by atoms with E-state index in [1.165, 1.54) is 6.07 Å². The van der Waals surface area contributed by atoms with Gasteiger partial charge in [-0.3, -0.25) is 9.59 Å². The van der Waals surface area contributed by atoms with E-state index in [0.29, 0.717) is 45.5 Å². The average molecular weight is 474 g/mol. The summed E-state index contributed by atoms with van der Waals surface area (Å²) in [5.41, 5.74) is 2.78. The number of amides is 2. The summed E-state index contributed by atoms with van der Waals surface area (Å²) in [6.45, 7) is 1.66. The van der Waals surface area contributed by atoms with Crippen LogP contribution in [-0.4, -0.2) is 29.1 Å². The van der Waals surface area contributed by atoms with Gasteiger partial charge >= 0.3 is 0 Å². The second-order valence-electron chi connectivity index (χ2n) is 7.78. The molecule has 178 valence electrons. The van der Waals surface area contributed by atoms with Gasteiger partial charge in [0.15, 0.2) is 0 Å². The van der Waals surface area contributed by atoms with Crippen LogP contribution in [0.5, 0.6) is 5.75 Å². The van der Waals surface area contributed by atoms with E-state index in [0.717, 1.165) is 0 Å². The van der Waals surface area contributed by atoms with Gasteiger partial charge in [-0.05, 0) is 79.2 Å². The lowest BCUT2D eigenvalue weighted by atomic mass is 10.1. The lowest BCUT2D eigenvalue weighted by Gasteiger charge is -2.08. The third-order valence-electron chi connectivity index (χ3n) is 5.23. The molecule has 0 aliphatic rings. The summed E-state index contributed by atoms with van der Waals surface area (Å²) >= 11 is 0. The number of rotatable bonds is 8. The van der Waals surface area contributed by atoms with E-state index in [1.54, 1.807) is 74.7 Å². The standard InChI is InChI=1S/C26H23FN4O4/c1-16-15-18(5-12-22(16)27)25-30-24(35-31-25)14-13-23(32)28-19-6-3-17(4-7-19)26(33)29-20-8-10-21(34-2)11-9-20/h3-12,15H,13-14H2,1-2H3,(H,28,32)(H,29,33). The lowest BCUT2D eigenvalue weighted by molar-refractivity contribution is -0.116. The van der Waals surface area contributed by atoms with Gasteiger partial charge in [-0.15, -0.1) is 0 Å². The van der Waals surface area contributed by atoms with Crippen molar-refractivity contribution >= 4 is 23.2 Å². The molecule has 0 unspecified atom stereocenters. The van der Waals surface area contributed by atoms with Crippen molar-refractivity contribution in [2.45, 2.75) is 19.8 Å². The molecule has 0 saturated carbocycles. The summed E-state index contributed by atoms with van der Waals surface area (Å²) in [6.07, 6.45) is 0.380. The Morgan fingerprint density at radius 1 is 0.971 bits per heavy atom. The zero-order valence-electron chi connectivity index (χ0n) is 19.2. The smallest absolute Gasteiger partial charge is 0.255 e. The van der Waals surface area contributed by atoms with Crippen molar-refractivity contribution in [3.63, 3.8) is 0 Å². The van der Waals surface area contributed by atoms with E-state index in [-0.39, 0.29) is 30.5 Å².